The molecule has 0 aliphatic rings. The predicted octanol–water partition coefficient (Wildman–Crippen LogP) is 1.56. The molecule has 0 saturated carbocycles. The molecule has 0 bridgehead atoms. The zero-order valence-corrected chi connectivity index (χ0v) is 21.0. The van der Waals surface area contributed by atoms with E-state index in [2.05, 4.69) is 5.73 Å². The molecule has 1 unspecified atom stereocenters. The van der Waals surface area contributed by atoms with E-state index in [0.29, 0.717) is 6.42 Å². The zero-order chi connectivity index (χ0) is 30.2. The minimum atomic E-state index is -1.28. The van der Waals surface area contributed by atoms with Gasteiger partial charge in [-0.15, -0.1) is 0 Å². The third kappa shape index (κ3) is 7.53. The van der Waals surface area contributed by atoms with E-state index in [4.69, 9.17) is 9.84 Å². The lowest BCUT2D eigenvalue weighted by atomic mass is 9.93. The number of primary amides is 1. The smallest absolute Gasteiger partial charge is 0.308 e. The van der Waals surface area contributed by atoms with Gasteiger partial charge in [0.1, 0.15) is 0 Å². The third-order valence-electron chi connectivity index (χ3n) is 5.45. The average Bonchev–Trinajstić information content (AvgIpc) is 2.88. The summed E-state index contributed by atoms with van der Waals surface area (Å²) in [4.78, 5) is 31.2. The Labute approximate surface area is 221 Å². The first kappa shape index (κ1) is 32.1. The van der Waals surface area contributed by atoms with E-state index < -0.39 is 86.6 Å². The molecule has 0 spiro atoms. The predicted molar refractivity (Wildman–Crippen MR) is 132 cm³/mol. The third-order valence-corrected chi connectivity index (χ3v) is 5.45. The van der Waals surface area contributed by atoms with Gasteiger partial charge in [-0.25, -0.2) is 0 Å². The Bertz CT molecular complexity index is 1170. The number of aromatic hydroxyl groups is 9. The maximum atomic E-state index is 11.7. The molecular formula is C24H31NO14. The van der Waals surface area contributed by atoms with Crippen molar-refractivity contribution in [2.75, 3.05) is 6.61 Å². The lowest BCUT2D eigenvalue weighted by Gasteiger charge is -2.18. The molecule has 15 heteroatoms. The van der Waals surface area contributed by atoms with Gasteiger partial charge >= 0.3 is 11.9 Å². The highest BCUT2D eigenvalue weighted by Gasteiger charge is 2.32. The minimum absolute atomic E-state index is 0.0741. The van der Waals surface area contributed by atoms with Crippen molar-refractivity contribution >= 4 is 17.8 Å². The first-order valence-corrected chi connectivity index (χ1v) is 11.4. The molecule has 0 saturated heterocycles. The number of ether oxygens (including phenoxy) is 1. The van der Waals surface area contributed by atoms with Crippen molar-refractivity contribution in [1.29, 1.82) is 0 Å². The van der Waals surface area contributed by atoms with Crippen LogP contribution in [-0.4, -0.2) is 75.5 Å². The summed E-state index contributed by atoms with van der Waals surface area (Å²) >= 11 is 0. The molecule has 12 N–H and O–H groups in total. The Balaban J connectivity index is 0.000000824. The van der Waals surface area contributed by atoms with E-state index >= 15 is 0 Å². The zero-order valence-electron chi connectivity index (χ0n) is 21.0. The highest BCUT2D eigenvalue weighted by molar-refractivity contribution is 5.93. The van der Waals surface area contributed by atoms with E-state index in [-0.39, 0.29) is 37.9 Å². The maximum Gasteiger partial charge on any atom is 0.308 e. The molecule has 0 aliphatic carbocycles. The molecule has 2 aromatic rings. The molecule has 0 heterocycles. The summed E-state index contributed by atoms with van der Waals surface area (Å²) in [7, 11) is 0. The van der Waals surface area contributed by atoms with E-state index in [1.54, 1.807) is 13.8 Å². The molecule has 0 fully saturated rings. The van der Waals surface area contributed by atoms with Crippen LogP contribution in [0.4, 0.5) is 0 Å². The van der Waals surface area contributed by atoms with Crippen LogP contribution < -0.4 is 5.73 Å². The van der Waals surface area contributed by atoms with Gasteiger partial charge < -0.3 is 61.5 Å². The molecule has 2 aromatic carbocycles. The Morgan fingerprint density at radius 2 is 1.13 bits per heavy atom. The van der Waals surface area contributed by atoms with Gasteiger partial charge in [0.2, 0.25) is 23.2 Å². The number of hydrogen-bond donors (Lipinski definition) is 11. The van der Waals surface area contributed by atoms with Gasteiger partial charge in [0.15, 0.2) is 34.5 Å². The summed E-state index contributed by atoms with van der Waals surface area (Å²) in [6.07, 6.45) is 0.233. The molecule has 0 aromatic heterocycles. The SMILES string of the molecule is CCOC(=O)C(C)CCCc1c(O)c(O)c(-c2c(O)c(O)c(O)c(O)c2O)c(O)c1O.NC(=O)CCC(=O)O. The number of nitrogens with two attached hydrogens (primary N) is 1. The molecule has 0 radical (unpaired) electrons. The number of carbonyl (C=O) groups excluding carboxylic acids is 2. The number of carbonyl (C=O) groups is 3. The average molecular weight is 558 g/mol. The number of amides is 1. The number of phenolic OH excluding ortho intramolecular Hbond substituents is 9. The summed E-state index contributed by atoms with van der Waals surface area (Å²) in [6, 6.07) is 0. The maximum absolute atomic E-state index is 11.7. The van der Waals surface area contributed by atoms with Gasteiger partial charge in [0.05, 0.1) is 30.1 Å². The fourth-order valence-corrected chi connectivity index (χ4v) is 3.36. The largest absolute Gasteiger partial charge is 0.504 e. The van der Waals surface area contributed by atoms with Crippen molar-refractivity contribution in [3.05, 3.63) is 5.56 Å². The van der Waals surface area contributed by atoms with Crippen LogP contribution in [0.2, 0.25) is 0 Å². The van der Waals surface area contributed by atoms with Crippen molar-refractivity contribution in [2.45, 2.75) is 46.0 Å². The highest BCUT2D eigenvalue weighted by Crippen LogP contribution is 2.61. The second kappa shape index (κ2) is 13.6. The first-order chi connectivity index (χ1) is 18.1. The van der Waals surface area contributed by atoms with Crippen molar-refractivity contribution in [2.24, 2.45) is 11.7 Å². The van der Waals surface area contributed by atoms with E-state index in [0.717, 1.165) is 0 Å². The van der Waals surface area contributed by atoms with Crippen molar-refractivity contribution in [1.82, 2.24) is 0 Å². The number of rotatable bonds is 10. The van der Waals surface area contributed by atoms with Crippen molar-refractivity contribution in [3.8, 4) is 62.9 Å². The number of carboxylic acids is 1. The lowest BCUT2D eigenvalue weighted by Crippen LogP contribution is -2.14. The van der Waals surface area contributed by atoms with Crippen molar-refractivity contribution in [3.63, 3.8) is 0 Å². The molecule has 39 heavy (non-hydrogen) atoms. The molecule has 1 amide bonds. The van der Waals surface area contributed by atoms with Crippen LogP contribution in [0.25, 0.3) is 11.1 Å². The lowest BCUT2D eigenvalue weighted by molar-refractivity contribution is -0.147. The molecule has 15 nitrogen and oxygen atoms in total. The second-order valence-corrected chi connectivity index (χ2v) is 8.27. The van der Waals surface area contributed by atoms with Crippen LogP contribution >= 0.6 is 0 Å². The van der Waals surface area contributed by atoms with Crippen LogP contribution in [0.15, 0.2) is 0 Å². The van der Waals surface area contributed by atoms with Crippen LogP contribution in [0.1, 0.15) is 45.1 Å². The summed E-state index contributed by atoms with van der Waals surface area (Å²) in [5.41, 5.74) is 2.51. The molecule has 0 aliphatic heterocycles. The number of carboxylic acid groups (broad SMARTS) is 1. The topological polar surface area (TPSA) is 289 Å². The normalized spacial score (nSPS) is 11.2. The van der Waals surface area contributed by atoms with Gasteiger partial charge in [0, 0.05) is 12.0 Å². The quantitative estimate of drug-likeness (QED) is 0.112. The fraction of sp³-hybridized carbons (Fsp3) is 0.375. The summed E-state index contributed by atoms with van der Waals surface area (Å²) in [5, 5.41) is 98.2. The van der Waals surface area contributed by atoms with Crippen LogP contribution in [0.5, 0.6) is 51.7 Å². The monoisotopic (exact) mass is 557 g/mol. The van der Waals surface area contributed by atoms with Gasteiger partial charge in [-0.3, -0.25) is 14.4 Å². The van der Waals surface area contributed by atoms with Gasteiger partial charge in [-0.1, -0.05) is 6.92 Å². The van der Waals surface area contributed by atoms with Crippen LogP contribution in [0.3, 0.4) is 0 Å². The highest BCUT2D eigenvalue weighted by atomic mass is 16.5. The van der Waals surface area contributed by atoms with E-state index in [1.165, 1.54) is 0 Å². The molecule has 216 valence electrons. The number of aliphatic carboxylic acids is 1. The van der Waals surface area contributed by atoms with Gasteiger partial charge in [0.25, 0.3) is 0 Å². The summed E-state index contributed by atoms with van der Waals surface area (Å²) in [5.74, 6) is -12.7. The Kier molecular flexibility index (Phi) is 11.1. The minimum Gasteiger partial charge on any atom is -0.504 e. The van der Waals surface area contributed by atoms with Crippen molar-refractivity contribution < 1.29 is 70.2 Å². The molecule has 2 rings (SSSR count). The van der Waals surface area contributed by atoms with Gasteiger partial charge in [-0.2, -0.15) is 0 Å². The van der Waals surface area contributed by atoms with E-state index in [9.17, 15) is 60.3 Å². The standard InChI is InChI=1S/C20H24O11.C4H7NO3/c1-3-31-20(30)7(2)5-4-6-8-11(21)13(23)9(14(24)12(8)22)10-15(25)17(27)19(29)18(28)16(10)26;5-3(6)1-2-4(7)8/h7,21-29H,3-6H2,1-2H3;1-2H2,(H2,5,6)(H,7,8). The Morgan fingerprint density at radius 1 is 0.718 bits per heavy atom. The number of benzene rings is 2. The van der Waals surface area contributed by atoms with Crippen LogP contribution in [-0.2, 0) is 25.5 Å². The molecular weight excluding hydrogens is 526 g/mol. The van der Waals surface area contributed by atoms with Gasteiger partial charge in [-0.05, 0) is 26.2 Å². The fourth-order valence-electron chi connectivity index (χ4n) is 3.36. The number of esters is 1. The van der Waals surface area contributed by atoms with Crippen LogP contribution in [0, 0.1) is 5.92 Å². The Morgan fingerprint density at radius 3 is 1.49 bits per heavy atom. The molecule has 1 atom stereocenters. The first-order valence-electron chi connectivity index (χ1n) is 11.4. The second-order valence-electron chi connectivity index (χ2n) is 8.27. The number of hydrogen-bond acceptors (Lipinski definition) is 13. The summed E-state index contributed by atoms with van der Waals surface area (Å²) < 4.78 is 4.88. The Hall–Kier alpha value is -4.95. The number of phenols is 9. The summed E-state index contributed by atoms with van der Waals surface area (Å²) in [6.45, 7) is 3.51. The van der Waals surface area contributed by atoms with E-state index in [1.807, 2.05) is 0 Å².